The van der Waals surface area contributed by atoms with E-state index in [9.17, 15) is 0 Å². The van der Waals surface area contributed by atoms with E-state index in [1.165, 1.54) is 49.5 Å². The summed E-state index contributed by atoms with van der Waals surface area (Å²) in [5, 5.41) is 3.67. The van der Waals surface area contributed by atoms with Crippen molar-refractivity contribution in [2.45, 2.75) is 12.5 Å². The zero-order valence-corrected chi connectivity index (χ0v) is 30.1. The maximum absolute atomic E-state index is 4.08. The van der Waals surface area contributed by atoms with Gasteiger partial charge in [0.15, 0.2) is 0 Å². The van der Waals surface area contributed by atoms with Gasteiger partial charge in [-0.3, -0.25) is 0 Å². The number of hydrogen-bond acceptors (Lipinski definition) is 1. The molecule has 0 aliphatic heterocycles. The molecule has 1 aromatic heterocycles. The highest BCUT2D eigenvalue weighted by Crippen LogP contribution is 2.45. The fraction of sp³-hybridized carbons (Fsp3) is 0.0385. The van der Waals surface area contributed by atoms with E-state index in [4.69, 9.17) is 0 Å². The summed E-state index contributed by atoms with van der Waals surface area (Å²) < 4.78 is 2.42. The van der Waals surface area contributed by atoms with Crippen LogP contribution in [0.4, 0.5) is 11.4 Å². The molecule has 7 aromatic carbocycles. The van der Waals surface area contributed by atoms with Gasteiger partial charge in [0, 0.05) is 16.8 Å². The molecule has 9 rings (SSSR count). The molecule has 0 saturated heterocycles. The minimum Gasteiger partial charge on any atom is -0.332 e. The third kappa shape index (κ3) is 6.18. The molecule has 1 aliphatic rings. The molecule has 2 heteroatoms. The molecule has 258 valence electrons. The van der Waals surface area contributed by atoms with E-state index in [1.807, 2.05) is 6.08 Å². The van der Waals surface area contributed by atoms with E-state index < -0.39 is 0 Å². The van der Waals surface area contributed by atoms with Gasteiger partial charge in [-0.1, -0.05) is 183 Å². The summed E-state index contributed by atoms with van der Waals surface area (Å²) in [5.74, 6) is 0. The third-order valence-electron chi connectivity index (χ3n) is 10.5. The molecular formula is C52H40N2. The van der Waals surface area contributed by atoms with Crippen molar-refractivity contribution in [3.63, 3.8) is 0 Å². The summed E-state index contributed by atoms with van der Waals surface area (Å²) in [7, 11) is 0. The molecule has 0 radical (unpaired) electrons. The van der Waals surface area contributed by atoms with Crippen LogP contribution in [0.25, 0.3) is 61.3 Å². The molecule has 8 aromatic rings. The van der Waals surface area contributed by atoms with Crippen LogP contribution < -0.4 is 4.90 Å². The lowest BCUT2D eigenvalue weighted by Gasteiger charge is -2.34. The number of benzene rings is 7. The average Bonchev–Trinajstić information content (AvgIpc) is 3.57. The molecule has 1 unspecified atom stereocenters. The number of anilines is 2. The maximum Gasteiger partial charge on any atom is 0.0756 e. The Kier molecular flexibility index (Phi) is 8.92. The lowest BCUT2D eigenvalue weighted by Crippen LogP contribution is -2.30. The summed E-state index contributed by atoms with van der Waals surface area (Å²) in [5.41, 5.74) is 13.0. The van der Waals surface area contributed by atoms with Crippen molar-refractivity contribution in [3.05, 3.63) is 224 Å². The summed E-state index contributed by atoms with van der Waals surface area (Å²) in [4.78, 5) is 2.55. The van der Waals surface area contributed by atoms with Gasteiger partial charge in [0.25, 0.3) is 0 Å². The van der Waals surface area contributed by atoms with Crippen LogP contribution in [0.15, 0.2) is 213 Å². The van der Waals surface area contributed by atoms with Crippen LogP contribution in [-0.4, -0.2) is 10.6 Å². The van der Waals surface area contributed by atoms with Gasteiger partial charge in [-0.05, 0) is 87.0 Å². The molecular weight excluding hydrogens is 653 g/mol. The van der Waals surface area contributed by atoms with Crippen molar-refractivity contribution in [2.24, 2.45) is 0 Å². The van der Waals surface area contributed by atoms with Crippen LogP contribution in [0.5, 0.6) is 0 Å². The Hall–Kier alpha value is -6.90. The highest BCUT2D eigenvalue weighted by atomic mass is 15.2. The number of hydrogen-bond donors (Lipinski definition) is 0. The molecule has 54 heavy (non-hydrogen) atoms. The van der Waals surface area contributed by atoms with Gasteiger partial charge >= 0.3 is 0 Å². The number of nitrogens with zero attached hydrogens (tertiary/aromatic N) is 2. The van der Waals surface area contributed by atoms with E-state index in [1.54, 1.807) is 0 Å². The Morgan fingerprint density at radius 1 is 0.593 bits per heavy atom. The second-order valence-electron chi connectivity index (χ2n) is 13.7. The fourth-order valence-corrected chi connectivity index (χ4v) is 7.93. The first-order valence-electron chi connectivity index (χ1n) is 18.7. The van der Waals surface area contributed by atoms with Gasteiger partial charge in [-0.15, -0.1) is 0 Å². The SMILES string of the molecule is C=C/C=C\c1c(N(c2ccc(-c3ccccc3)cc2)C2C=CC(c3ccccc3)=CC2)c2ccc(-c3cccc4ccccc34)cc2n1-c1ccccc1. The summed E-state index contributed by atoms with van der Waals surface area (Å²) in [6.45, 7) is 4.08. The summed E-state index contributed by atoms with van der Waals surface area (Å²) >= 11 is 0. The van der Waals surface area contributed by atoms with Crippen molar-refractivity contribution in [2.75, 3.05) is 4.90 Å². The second kappa shape index (κ2) is 14.6. The first kappa shape index (κ1) is 33.0. The van der Waals surface area contributed by atoms with Crippen molar-refractivity contribution >= 4 is 44.7 Å². The van der Waals surface area contributed by atoms with E-state index >= 15 is 0 Å². The van der Waals surface area contributed by atoms with Gasteiger partial charge in [0.05, 0.1) is 22.9 Å². The Morgan fingerprint density at radius 3 is 1.96 bits per heavy atom. The van der Waals surface area contributed by atoms with Crippen LogP contribution in [0, 0.1) is 0 Å². The lowest BCUT2D eigenvalue weighted by atomic mass is 9.95. The van der Waals surface area contributed by atoms with E-state index in [-0.39, 0.29) is 6.04 Å². The molecule has 1 atom stereocenters. The molecule has 0 fully saturated rings. The second-order valence-corrected chi connectivity index (χ2v) is 13.7. The molecule has 0 spiro atoms. The predicted octanol–water partition coefficient (Wildman–Crippen LogP) is 13.9. The van der Waals surface area contributed by atoms with Gasteiger partial charge in [-0.2, -0.15) is 0 Å². The number of allylic oxidation sites excluding steroid dienone is 4. The average molecular weight is 693 g/mol. The molecule has 0 bridgehead atoms. The van der Waals surface area contributed by atoms with Gasteiger partial charge in [0.2, 0.25) is 0 Å². The first-order valence-corrected chi connectivity index (χ1v) is 18.7. The van der Waals surface area contributed by atoms with Crippen molar-refractivity contribution < 1.29 is 0 Å². The number of aromatic nitrogens is 1. The molecule has 0 amide bonds. The van der Waals surface area contributed by atoms with Crippen LogP contribution in [0.3, 0.4) is 0 Å². The topological polar surface area (TPSA) is 8.17 Å². The molecule has 0 saturated carbocycles. The van der Waals surface area contributed by atoms with Crippen LogP contribution in [0.2, 0.25) is 0 Å². The predicted molar refractivity (Wildman–Crippen MR) is 231 cm³/mol. The lowest BCUT2D eigenvalue weighted by molar-refractivity contribution is 0.787. The van der Waals surface area contributed by atoms with E-state index in [2.05, 4.69) is 222 Å². The molecule has 0 N–H and O–H groups in total. The van der Waals surface area contributed by atoms with Crippen molar-refractivity contribution in [1.29, 1.82) is 0 Å². The zero-order chi connectivity index (χ0) is 36.3. The van der Waals surface area contributed by atoms with Crippen LogP contribution >= 0.6 is 0 Å². The molecule has 1 heterocycles. The standard InChI is InChI=1S/C52H40N2/c1-2-3-26-50-52(49-36-31-43(37-51(49)54(50)44-22-11-6-12-23-44)48-25-15-21-42-20-13-14-24-47(42)48)53(45-32-27-40(28-33-45)38-16-7-4-8-17-38)46-34-29-41(30-35-46)39-18-9-5-10-19-39/h2-34,36-37,46H,1,35H2/b26-3-. The van der Waals surface area contributed by atoms with E-state index in [0.29, 0.717) is 0 Å². The monoisotopic (exact) mass is 692 g/mol. The maximum atomic E-state index is 4.08. The minimum atomic E-state index is 0.0727. The Balaban J connectivity index is 1.28. The number of para-hydroxylation sites is 1. The smallest absolute Gasteiger partial charge is 0.0756 e. The zero-order valence-electron chi connectivity index (χ0n) is 30.1. The number of rotatable bonds is 9. The van der Waals surface area contributed by atoms with E-state index in [0.717, 1.165) is 34.7 Å². The fourth-order valence-electron chi connectivity index (χ4n) is 7.93. The largest absolute Gasteiger partial charge is 0.332 e. The Bertz CT molecular complexity index is 2670. The van der Waals surface area contributed by atoms with Crippen LogP contribution in [-0.2, 0) is 0 Å². The van der Waals surface area contributed by atoms with Gasteiger partial charge < -0.3 is 9.47 Å². The van der Waals surface area contributed by atoms with Gasteiger partial charge in [-0.25, -0.2) is 0 Å². The quantitative estimate of drug-likeness (QED) is 0.137. The first-order chi connectivity index (χ1) is 26.8. The molecule has 1 aliphatic carbocycles. The summed E-state index contributed by atoms with van der Waals surface area (Å²) in [6.07, 6.45) is 14.1. The van der Waals surface area contributed by atoms with Crippen LogP contribution in [0.1, 0.15) is 17.7 Å². The highest BCUT2D eigenvalue weighted by molar-refractivity contribution is 6.05. The summed E-state index contributed by atoms with van der Waals surface area (Å²) in [6, 6.07) is 63.4. The van der Waals surface area contributed by atoms with Gasteiger partial charge in [0.1, 0.15) is 0 Å². The Labute approximate surface area is 317 Å². The molecule has 2 nitrogen and oxygen atoms in total. The normalized spacial score (nSPS) is 14.1. The number of fused-ring (bicyclic) bond motifs is 2. The highest BCUT2D eigenvalue weighted by Gasteiger charge is 2.28. The van der Waals surface area contributed by atoms with Crippen molar-refractivity contribution in [3.8, 4) is 27.9 Å². The minimum absolute atomic E-state index is 0.0727. The van der Waals surface area contributed by atoms with Crippen molar-refractivity contribution in [1.82, 2.24) is 4.57 Å². The third-order valence-corrected chi connectivity index (χ3v) is 10.5. The Morgan fingerprint density at radius 2 is 1.24 bits per heavy atom.